The Morgan fingerprint density at radius 1 is 1.44 bits per heavy atom. The Balaban J connectivity index is 1.87. The summed E-state index contributed by atoms with van der Waals surface area (Å²) in [4.78, 5) is 12.5. The van der Waals surface area contributed by atoms with E-state index in [-0.39, 0.29) is 12.5 Å². The lowest BCUT2D eigenvalue weighted by Crippen LogP contribution is -2.35. The molecule has 1 aliphatic rings. The average molecular weight is 288 g/mol. The number of carbonyl (C=O) groups excluding carboxylic acids is 1. The van der Waals surface area contributed by atoms with Crippen LogP contribution in [-0.2, 0) is 0 Å². The third-order valence-corrected chi connectivity index (χ3v) is 4.99. The molecule has 2 rings (SSSR count). The highest BCUT2D eigenvalue weighted by molar-refractivity contribution is 7.12. The minimum Gasteiger partial charge on any atom is -0.396 e. The van der Waals surface area contributed by atoms with E-state index in [4.69, 9.17) is 11.6 Å². The van der Waals surface area contributed by atoms with E-state index in [1.165, 1.54) is 24.2 Å². The van der Waals surface area contributed by atoms with Crippen LogP contribution in [0.5, 0.6) is 0 Å². The summed E-state index contributed by atoms with van der Waals surface area (Å²) in [6.07, 6.45) is 4.53. The van der Waals surface area contributed by atoms with Gasteiger partial charge in [0.15, 0.2) is 0 Å². The molecule has 0 radical (unpaired) electrons. The van der Waals surface area contributed by atoms with Gasteiger partial charge >= 0.3 is 0 Å². The molecule has 100 valence electrons. The minimum atomic E-state index is -0.0998. The second kappa shape index (κ2) is 6.55. The molecular weight excluding hydrogens is 270 g/mol. The molecule has 1 saturated carbocycles. The molecule has 1 fully saturated rings. The van der Waals surface area contributed by atoms with Gasteiger partial charge in [0.25, 0.3) is 5.91 Å². The van der Waals surface area contributed by atoms with Gasteiger partial charge in [-0.2, -0.15) is 0 Å². The predicted octanol–water partition coefficient (Wildman–Crippen LogP) is 2.93. The molecule has 1 aromatic heterocycles. The number of amides is 1. The maximum atomic E-state index is 11.9. The Kier molecular flexibility index (Phi) is 5.03. The lowest BCUT2D eigenvalue weighted by Gasteiger charge is -2.30. The number of thiophene rings is 1. The first-order chi connectivity index (χ1) is 8.72. The Hall–Kier alpha value is -0.580. The monoisotopic (exact) mass is 287 g/mol. The summed E-state index contributed by atoms with van der Waals surface area (Å²) in [6, 6.07) is 1.73. The van der Waals surface area contributed by atoms with E-state index in [9.17, 15) is 9.90 Å². The Morgan fingerprint density at radius 2 is 2.17 bits per heavy atom. The SMILES string of the molecule is O=C(NCC1CCCCC1CO)c1sccc1Cl. The second-order valence-electron chi connectivity index (χ2n) is 4.79. The summed E-state index contributed by atoms with van der Waals surface area (Å²) in [5, 5.41) is 14.6. The Morgan fingerprint density at radius 3 is 2.78 bits per heavy atom. The molecule has 0 aromatic carbocycles. The third-order valence-electron chi connectivity index (χ3n) is 3.65. The number of aliphatic hydroxyl groups excluding tert-OH is 1. The number of carbonyl (C=O) groups is 1. The normalized spacial score (nSPS) is 23.9. The summed E-state index contributed by atoms with van der Waals surface area (Å²) in [6.45, 7) is 0.860. The van der Waals surface area contributed by atoms with Gasteiger partial charge in [0.05, 0.1) is 5.02 Å². The minimum absolute atomic E-state index is 0.0998. The largest absolute Gasteiger partial charge is 0.396 e. The van der Waals surface area contributed by atoms with Crippen molar-refractivity contribution in [3.63, 3.8) is 0 Å². The summed E-state index contributed by atoms with van der Waals surface area (Å²) >= 11 is 7.28. The molecular formula is C13H18ClNO2S. The summed E-state index contributed by atoms with van der Waals surface area (Å²) in [5.74, 6) is 0.626. The molecule has 0 saturated heterocycles. The van der Waals surface area contributed by atoms with Gasteiger partial charge in [-0.15, -0.1) is 11.3 Å². The number of hydrogen-bond donors (Lipinski definition) is 2. The van der Waals surface area contributed by atoms with Gasteiger partial charge in [0.1, 0.15) is 4.88 Å². The molecule has 1 aromatic rings. The van der Waals surface area contributed by atoms with Crippen molar-refractivity contribution in [3.05, 3.63) is 21.3 Å². The van der Waals surface area contributed by atoms with Crippen molar-refractivity contribution >= 4 is 28.8 Å². The highest BCUT2D eigenvalue weighted by Gasteiger charge is 2.25. The van der Waals surface area contributed by atoms with Crippen molar-refractivity contribution in [1.29, 1.82) is 0 Å². The molecule has 18 heavy (non-hydrogen) atoms. The van der Waals surface area contributed by atoms with Gasteiger partial charge in [-0.1, -0.05) is 24.4 Å². The number of nitrogens with one attached hydrogen (secondary N) is 1. The van der Waals surface area contributed by atoms with Crippen molar-refractivity contribution < 1.29 is 9.90 Å². The second-order valence-corrected chi connectivity index (χ2v) is 6.12. The van der Waals surface area contributed by atoms with E-state index in [1.807, 2.05) is 5.38 Å². The maximum Gasteiger partial charge on any atom is 0.262 e. The smallest absolute Gasteiger partial charge is 0.262 e. The van der Waals surface area contributed by atoms with Gasteiger partial charge in [0.2, 0.25) is 0 Å². The molecule has 0 bridgehead atoms. The molecule has 1 aliphatic carbocycles. The van der Waals surface area contributed by atoms with Gasteiger partial charge in [-0.3, -0.25) is 4.79 Å². The van der Waals surface area contributed by atoms with Gasteiger partial charge in [0, 0.05) is 13.2 Å². The summed E-state index contributed by atoms with van der Waals surface area (Å²) in [5.41, 5.74) is 0. The number of hydrogen-bond acceptors (Lipinski definition) is 3. The van der Waals surface area contributed by atoms with Crippen LogP contribution in [0.3, 0.4) is 0 Å². The zero-order valence-corrected chi connectivity index (χ0v) is 11.8. The van der Waals surface area contributed by atoms with Gasteiger partial charge in [-0.25, -0.2) is 0 Å². The lowest BCUT2D eigenvalue weighted by molar-refractivity contribution is 0.0913. The van der Waals surface area contributed by atoms with E-state index in [1.54, 1.807) is 6.07 Å². The molecule has 0 aliphatic heterocycles. The van der Waals surface area contributed by atoms with Crippen molar-refractivity contribution in [2.75, 3.05) is 13.2 Å². The van der Waals surface area contributed by atoms with Crippen LogP contribution in [-0.4, -0.2) is 24.2 Å². The van der Waals surface area contributed by atoms with Crippen LogP contribution in [0.4, 0.5) is 0 Å². The number of rotatable bonds is 4. The molecule has 2 atom stereocenters. The molecule has 3 nitrogen and oxygen atoms in total. The van der Waals surface area contributed by atoms with Crippen LogP contribution in [0, 0.1) is 11.8 Å². The quantitative estimate of drug-likeness (QED) is 0.894. The number of halogens is 1. The number of aliphatic hydroxyl groups is 1. The highest BCUT2D eigenvalue weighted by Crippen LogP contribution is 2.29. The fourth-order valence-electron chi connectivity index (χ4n) is 2.55. The van der Waals surface area contributed by atoms with Crippen molar-refractivity contribution in [2.24, 2.45) is 11.8 Å². The fraction of sp³-hybridized carbons (Fsp3) is 0.615. The summed E-state index contributed by atoms with van der Waals surface area (Å²) in [7, 11) is 0. The first-order valence-corrected chi connectivity index (χ1v) is 7.60. The van der Waals surface area contributed by atoms with E-state index in [0.29, 0.717) is 28.3 Å². The Labute approximate surface area is 116 Å². The molecule has 2 N–H and O–H groups in total. The van der Waals surface area contributed by atoms with Crippen LogP contribution in [0.15, 0.2) is 11.4 Å². The lowest BCUT2D eigenvalue weighted by atomic mass is 9.79. The average Bonchev–Trinajstić information content (AvgIpc) is 2.82. The van der Waals surface area contributed by atoms with Crippen LogP contribution in [0.25, 0.3) is 0 Å². The highest BCUT2D eigenvalue weighted by atomic mass is 35.5. The summed E-state index contributed by atoms with van der Waals surface area (Å²) < 4.78 is 0. The van der Waals surface area contributed by atoms with Crippen LogP contribution < -0.4 is 5.32 Å². The van der Waals surface area contributed by atoms with Crippen LogP contribution in [0.1, 0.15) is 35.4 Å². The molecule has 1 heterocycles. The molecule has 0 spiro atoms. The fourth-order valence-corrected chi connectivity index (χ4v) is 3.61. The molecule has 2 unspecified atom stereocenters. The van der Waals surface area contributed by atoms with Crippen molar-refractivity contribution in [2.45, 2.75) is 25.7 Å². The molecule has 1 amide bonds. The zero-order chi connectivity index (χ0) is 13.0. The van der Waals surface area contributed by atoms with Crippen molar-refractivity contribution in [1.82, 2.24) is 5.32 Å². The predicted molar refractivity (Wildman–Crippen MR) is 74.2 cm³/mol. The topological polar surface area (TPSA) is 49.3 Å². The first-order valence-electron chi connectivity index (χ1n) is 6.34. The maximum absolute atomic E-state index is 11.9. The standard InChI is InChI=1S/C13H18ClNO2S/c14-11-5-6-18-12(11)13(17)15-7-9-3-1-2-4-10(9)8-16/h5-6,9-10,16H,1-4,7-8H2,(H,15,17). The Bertz CT molecular complexity index is 407. The van der Waals surface area contributed by atoms with Crippen molar-refractivity contribution in [3.8, 4) is 0 Å². The molecule has 5 heteroatoms. The van der Waals surface area contributed by atoms with E-state index < -0.39 is 0 Å². The van der Waals surface area contributed by atoms with E-state index in [0.717, 1.165) is 12.8 Å². The first kappa shape index (κ1) is 13.8. The van der Waals surface area contributed by atoms with Crippen LogP contribution in [0.2, 0.25) is 5.02 Å². The van der Waals surface area contributed by atoms with Gasteiger partial charge < -0.3 is 10.4 Å². The van der Waals surface area contributed by atoms with Gasteiger partial charge in [-0.05, 0) is 36.1 Å². The van der Waals surface area contributed by atoms with E-state index >= 15 is 0 Å². The van der Waals surface area contributed by atoms with Crippen LogP contribution >= 0.6 is 22.9 Å². The third kappa shape index (κ3) is 3.25. The van der Waals surface area contributed by atoms with E-state index in [2.05, 4.69) is 5.32 Å². The zero-order valence-electron chi connectivity index (χ0n) is 10.2.